The van der Waals surface area contributed by atoms with E-state index in [4.69, 9.17) is 0 Å². The molecule has 1 aliphatic heterocycles. The number of rotatable bonds is 3. The first-order valence-corrected chi connectivity index (χ1v) is 8.38. The van der Waals surface area contributed by atoms with Crippen molar-refractivity contribution in [3.63, 3.8) is 0 Å². The zero-order valence-electron chi connectivity index (χ0n) is 13.6. The van der Waals surface area contributed by atoms with Crippen molar-refractivity contribution in [3.8, 4) is 6.07 Å². The smallest absolute Gasteiger partial charge is 0.252 e. The topological polar surface area (TPSA) is 52.9 Å². The van der Waals surface area contributed by atoms with Crippen LogP contribution in [0.4, 0.5) is 4.39 Å². The van der Waals surface area contributed by atoms with Crippen molar-refractivity contribution in [2.75, 3.05) is 0 Å². The molecule has 2 atom stereocenters. The molecule has 2 aromatic rings. The summed E-state index contributed by atoms with van der Waals surface area (Å²) >= 11 is 0. The van der Waals surface area contributed by atoms with Gasteiger partial charge in [-0.05, 0) is 48.1 Å². The first-order valence-electron chi connectivity index (χ1n) is 8.38. The molecule has 2 aliphatic rings. The quantitative estimate of drug-likeness (QED) is 0.933. The summed E-state index contributed by atoms with van der Waals surface area (Å²) in [6.07, 6.45) is 2.02. The highest BCUT2D eigenvalue weighted by Crippen LogP contribution is 2.49. The van der Waals surface area contributed by atoms with Crippen LogP contribution in [0.25, 0.3) is 5.57 Å². The van der Waals surface area contributed by atoms with E-state index in [0.717, 1.165) is 11.1 Å². The summed E-state index contributed by atoms with van der Waals surface area (Å²) in [5, 5.41) is 12.9. The van der Waals surface area contributed by atoms with Crippen LogP contribution < -0.4 is 5.32 Å². The highest BCUT2D eigenvalue weighted by molar-refractivity contribution is 6.23. The van der Waals surface area contributed by atoms with Gasteiger partial charge in [-0.2, -0.15) is 5.26 Å². The van der Waals surface area contributed by atoms with Crippen molar-refractivity contribution in [2.45, 2.75) is 25.3 Å². The highest BCUT2D eigenvalue weighted by Gasteiger charge is 2.51. The third-order valence-corrected chi connectivity index (χ3v) is 5.28. The fraction of sp³-hybridized carbons (Fsp3) is 0.238. The second-order valence-electron chi connectivity index (χ2n) is 6.74. The lowest BCUT2D eigenvalue weighted by atomic mass is 9.78. The van der Waals surface area contributed by atoms with Gasteiger partial charge >= 0.3 is 0 Å². The second kappa shape index (κ2) is 5.86. The van der Waals surface area contributed by atoms with Crippen LogP contribution in [0.1, 0.15) is 24.0 Å². The largest absolute Gasteiger partial charge is 0.344 e. The number of nitriles is 1. The van der Waals surface area contributed by atoms with E-state index in [1.165, 1.54) is 12.1 Å². The number of amides is 1. The molecule has 3 nitrogen and oxygen atoms in total. The van der Waals surface area contributed by atoms with Crippen molar-refractivity contribution in [1.29, 1.82) is 5.26 Å². The fourth-order valence-corrected chi connectivity index (χ4v) is 4.07. The minimum absolute atomic E-state index is 0.168. The normalized spacial score (nSPS) is 24.8. The Morgan fingerprint density at radius 2 is 1.88 bits per heavy atom. The summed E-state index contributed by atoms with van der Waals surface area (Å²) < 4.78 is 13.2. The molecule has 1 amide bonds. The van der Waals surface area contributed by atoms with Gasteiger partial charge in [-0.3, -0.25) is 4.79 Å². The van der Waals surface area contributed by atoms with Crippen LogP contribution in [0.3, 0.4) is 0 Å². The minimum atomic E-state index is -0.631. The molecule has 2 unspecified atom stereocenters. The van der Waals surface area contributed by atoms with Gasteiger partial charge in [-0.25, -0.2) is 4.39 Å². The third-order valence-electron chi connectivity index (χ3n) is 5.28. The van der Waals surface area contributed by atoms with Crippen LogP contribution in [-0.4, -0.2) is 11.9 Å². The summed E-state index contributed by atoms with van der Waals surface area (Å²) in [4.78, 5) is 12.6. The number of carbonyl (C=O) groups excluding carboxylic acids is 1. The van der Waals surface area contributed by atoms with E-state index in [1.807, 2.05) is 30.3 Å². The van der Waals surface area contributed by atoms with Gasteiger partial charge < -0.3 is 5.32 Å². The first kappa shape index (κ1) is 15.6. The van der Waals surface area contributed by atoms with E-state index in [2.05, 4.69) is 11.4 Å². The van der Waals surface area contributed by atoms with E-state index < -0.39 is 5.41 Å². The van der Waals surface area contributed by atoms with Crippen molar-refractivity contribution in [2.24, 2.45) is 5.41 Å². The van der Waals surface area contributed by atoms with Gasteiger partial charge in [-0.1, -0.05) is 42.5 Å². The maximum Gasteiger partial charge on any atom is 0.252 e. The van der Waals surface area contributed by atoms with Crippen LogP contribution >= 0.6 is 0 Å². The van der Waals surface area contributed by atoms with Gasteiger partial charge in [0.15, 0.2) is 0 Å². The molecule has 0 bridgehead atoms. The Labute approximate surface area is 145 Å². The number of nitrogens with one attached hydrogen (secondary N) is 1. The number of hydrogen-bond acceptors (Lipinski definition) is 2. The lowest BCUT2D eigenvalue weighted by Gasteiger charge is -2.27. The predicted molar refractivity (Wildman–Crippen MR) is 92.7 cm³/mol. The standard InChI is InChI=1S/C21H17FN2O/c22-16-8-6-15(7-9-16)18-17-10-11-21(13-23,19(17)24-20(18)25)12-14-4-2-1-3-5-14/h1-9,19H,10-12H2,(H,24,25). The SMILES string of the molecule is N#CC1(Cc2ccccc2)CCC2=C(c3ccc(F)cc3)C(=O)NC21. The molecule has 0 saturated heterocycles. The van der Waals surface area contributed by atoms with Crippen molar-refractivity contribution in [1.82, 2.24) is 5.32 Å². The Balaban J connectivity index is 1.73. The average Bonchev–Trinajstić information content (AvgIpc) is 3.14. The molecule has 2 aromatic carbocycles. The van der Waals surface area contributed by atoms with Crippen molar-refractivity contribution >= 4 is 11.5 Å². The molecular weight excluding hydrogens is 315 g/mol. The Morgan fingerprint density at radius 1 is 1.16 bits per heavy atom. The monoisotopic (exact) mass is 332 g/mol. The minimum Gasteiger partial charge on any atom is -0.344 e. The zero-order chi connectivity index (χ0) is 17.4. The van der Waals surface area contributed by atoms with Gasteiger partial charge in [-0.15, -0.1) is 0 Å². The molecule has 124 valence electrons. The van der Waals surface area contributed by atoms with Crippen molar-refractivity contribution < 1.29 is 9.18 Å². The van der Waals surface area contributed by atoms with E-state index in [0.29, 0.717) is 30.4 Å². The molecule has 4 rings (SSSR count). The number of carbonyl (C=O) groups is 1. The van der Waals surface area contributed by atoms with Crippen LogP contribution in [0.2, 0.25) is 0 Å². The number of benzene rings is 2. The molecule has 0 radical (unpaired) electrons. The molecule has 0 spiro atoms. The van der Waals surface area contributed by atoms with Crippen LogP contribution in [0, 0.1) is 22.6 Å². The second-order valence-corrected chi connectivity index (χ2v) is 6.74. The Kier molecular flexibility index (Phi) is 3.65. The molecule has 1 heterocycles. The third kappa shape index (κ3) is 2.53. The van der Waals surface area contributed by atoms with Gasteiger partial charge in [0, 0.05) is 5.57 Å². The zero-order valence-corrected chi connectivity index (χ0v) is 13.6. The summed E-state index contributed by atoms with van der Waals surface area (Å²) in [5.41, 5.74) is 2.76. The maximum absolute atomic E-state index is 13.2. The molecule has 1 saturated carbocycles. The van der Waals surface area contributed by atoms with E-state index in [-0.39, 0.29) is 17.8 Å². The van der Waals surface area contributed by atoms with Crippen LogP contribution in [0.15, 0.2) is 60.2 Å². The number of halogens is 1. The molecule has 1 aliphatic carbocycles. The highest BCUT2D eigenvalue weighted by atomic mass is 19.1. The Hall–Kier alpha value is -2.93. The van der Waals surface area contributed by atoms with Crippen LogP contribution in [-0.2, 0) is 11.2 Å². The lowest BCUT2D eigenvalue weighted by Crippen LogP contribution is -2.41. The number of hydrogen-bond donors (Lipinski definition) is 1. The summed E-state index contributed by atoms with van der Waals surface area (Å²) in [6.45, 7) is 0. The van der Waals surface area contributed by atoms with Gasteiger partial charge in [0.1, 0.15) is 5.82 Å². The molecule has 1 fully saturated rings. The number of fused-ring (bicyclic) bond motifs is 1. The molecule has 0 aromatic heterocycles. The summed E-state index contributed by atoms with van der Waals surface area (Å²) in [5.74, 6) is -0.495. The van der Waals surface area contributed by atoms with Crippen molar-refractivity contribution in [3.05, 3.63) is 77.1 Å². The fourth-order valence-electron chi connectivity index (χ4n) is 4.07. The average molecular weight is 332 g/mol. The van der Waals surface area contributed by atoms with E-state index in [9.17, 15) is 14.4 Å². The van der Waals surface area contributed by atoms with Crippen LogP contribution in [0.5, 0.6) is 0 Å². The molecule has 1 N–H and O–H groups in total. The lowest BCUT2D eigenvalue weighted by molar-refractivity contribution is -0.115. The van der Waals surface area contributed by atoms with E-state index in [1.54, 1.807) is 12.1 Å². The van der Waals surface area contributed by atoms with Gasteiger partial charge in [0.25, 0.3) is 5.91 Å². The maximum atomic E-state index is 13.2. The van der Waals surface area contributed by atoms with E-state index >= 15 is 0 Å². The predicted octanol–water partition coefficient (Wildman–Crippen LogP) is 3.62. The molecule has 25 heavy (non-hydrogen) atoms. The van der Waals surface area contributed by atoms with Gasteiger partial charge in [0.2, 0.25) is 0 Å². The summed E-state index contributed by atoms with van der Waals surface area (Å²) in [6, 6.07) is 18.1. The first-order chi connectivity index (χ1) is 12.1. The summed E-state index contributed by atoms with van der Waals surface area (Å²) in [7, 11) is 0. The Morgan fingerprint density at radius 3 is 2.56 bits per heavy atom. The Bertz CT molecular complexity index is 896. The molecule has 4 heteroatoms. The van der Waals surface area contributed by atoms with Gasteiger partial charge in [0.05, 0.1) is 17.5 Å². The number of nitrogens with zero attached hydrogens (tertiary/aromatic N) is 1. The molecular formula is C21H17FN2O.